The maximum Gasteiger partial charge on any atom is 0.514 e. The van der Waals surface area contributed by atoms with E-state index < -0.39 is 47.4 Å². The summed E-state index contributed by atoms with van der Waals surface area (Å²) in [6.45, 7) is 12.2. The fourth-order valence-corrected chi connectivity index (χ4v) is 4.53. The van der Waals surface area contributed by atoms with E-state index in [1.165, 1.54) is 18.2 Å². The third-order valence-corrected chi connectivity index (χ3v) is 7.87. The molecule has 0 radical (unpaired) electrons. The molecule has 236 valence electrons. The van der Waals surface area contributed by atoms with E-state index in [1.807, 2.05) is 13.8 Å². The van der Waals surface area contributed by atoms with Gasteiger partial charge in [-0.2, -0.15) is 0 Å². The Kier molecular flexibility index (Phi) is 12.6. The minimum Gasteiger partial charge on any atom is -0.480 e. The zero-order valence-electron chi connectivity index (χ0n) is 25.9. The summed E-state index contributed by atoms with van der Waals surface area (Å²) in [5, 5.41) is 9.79. The maximum absolute atomic E-state index is 12.7. The second kappa shape index (κ2) is 15.2. The van der Waals surface area contributed by atoms with Gasteiger partial charge in [0.15, 0.2) is 11.5 Å². The minimum absolute atomic E-state index is 0.0550. The van der Waals surface area contributed by atoms with Gasteiger partial charge in [-0.15, -0.1) is 0 Å². The first kappa shape index (κ1) is 34.9. The van der Waals surface area contributed by atoms with Crippen molar-refractivity contribution in [3.8, 4) is 11.5 Å². The van der Waals surface area contributed by atoms with E-state index in [0.29, 0.717) is 18.4 Å². The molecule has 3 N–H and O–H groups in total. The standard InChI is InChI=1S/C31H47NO10/c1-8-30(4,5)41-28(36)39-22-16-15-21(17-23(22)40-29(37)42-31(6,7)9-2)24(25(32)26(33)34)19(3)18-38-27(35)20-13-11-10-12-14-20/h15-17,19-20,24-25H,8-14,18,32H2,1-7H3,(H,33,34)/t19?,24?,25-/m0/s1. The van der Waals surface area contributed by atoms with Crippen molar-refractivity contribution in [3.63, 3.8) is 0 Å². The highest BCUT2D eigenvalue weighted by molar-refractivity contribution is 5.75. The van der Waals surface area contributed by atoms with Crippen molar-refractivity contribution in [2.45, 2.75) is 117 Å². The van der Waals surface area contributed by atoms with Crippen LogP contribution in [0.15, 0.2) is 18.2 Å². The van der Waals surface area contributed by atoms with Gasteiger partial charge in [-0.3, -0.25) is 9.59 Å². The molecular weight excluding hydrogens is 546 g/mol. The highest BCUT2D eigenvalue weighted by atomic mass is 16.8. The summed E-state index contributed by atoms with van der Waals surface area (Å²) in [4.78, 5) is 49.9. The van der Waals surface area contributed by atoms with Gasteiger partial charge in [0.25, 0.3) is 0 Å². The van der Waals surface area contributed by atoms with E-state index >= 15 is 0 Å². The molecule has 1 fully saturated rings. The van der Waals surface area contributed by atoms with Crippen molar-refractivity contribution < 1.29 is 48.0 Å². The van der Waals surface area contributed by atoms with Crippen LogP contribution in [0, 0.1) is 11.8 Å². The first-order chi connectivity index (χ1) is 19.6. The van der Waals surface area contributed by atoms with E-state index in [0.717, 1.165) is 32.1 Å². The summed E-state index contributed by atoms with van der Waals surface area (Å²) in [5.41, 5.74) is 4.87. The number of aliphatic carboxylic acids is 1. The Morgan fingerprint density at radius 1 is 0.905 bits per heavy atom. The molecule has 0 bridgehead atoms. The van der Waals surface area contributed by atoms with Crippen molar-refractivity contribution in [3.05, 3.63) is 23.8 Å². The average molecular weight is 594 g/mol. The zero-order chi connectivity index (χ0) is 31.7. The van der Waals surface area contributed by atoms with Gasteiger partial charge in [-0.1, -0.05) is 46.1 Å². The number of hydrogen-bond acceptors (Lipinski definition) is 10. The molecule has 1 saturated carbocycles. The summed E-state index contributed by atoms with van der Waals surface area (Å²) >= 11 is 0. The van der Waals surface area contributed by atoms with Gasteiger partial charge in [-0.25, -0.2) is 9.59 Å². The molecule has 0 heterocycles. The number of rotatable bonds is 13. The van der Waals surface area contributed by atoms with Crippen molar-refractivity contribution in [1.29, 1.82) is 0 Å². The lowest BCUT2D eigenvalue weighted by atomic mass is 9.82. The van der Waals surface area contributed by atoms with Crippen molar-refractivity contribution in [2.24, 2.45) is 17.6 Å². The van der Waals surface area contributed by atoms with Crippen LogP contribution in [0.25, 0.3) is 0 Å². The number of benzene rings is 1. The summed E-state index contributed by atoms with van der Waals surface area (Å²) in [6.07, 6.45) is 3.57. The molecule has 1 aliphatic carbocycles. The molecule has 0 saturated heterocycles. The van der Waals surface area contributed by atoms with Crippen LogP contribution in [0.5, 0.6) is 11.5 Å². The zero-order valence-corrected chi connectivity index (χ0v) is 25.9. The lowest BCUT2D eigenvalue weighted by Crippen LogP contribution is -2.41. The Balaban J connectivity index is 2.39. The van der Waals surface area contributed by atoms with Crippen LogP contribution in [-0.2, 0) is 23.8 Å². The van der Waals surface area contributed by atoms with Gasteiger partial charge in [0.1, 0.15) is 17.2 Å². The maximum atomic E-state index is 12.7. The molecule has 1 aliphatic rings. The number of hydrogen-bond donors (Lipinski definition) is 2. The number of carbonyl (C=O) groups excluding carboxylic acids is 3. The Labute approximate surface area is 248 Å². The molecule has 2 rings (SSSR count). The van der Waals surface area contributed by atoms with Crippen LogP contribution in [0.3, 0.4) is 0 Å². The molecule has 3 atom stereocenters. The molecule has 11 nitrogen and oxygen atoms in total. The normalized spacial score (nSPS) is 16.5. The van der Waals surface area contributed by atoms with Gasteiger partial charge in [-0.05, 0) is 77.0 Å². The monoisotopic (exact) mass is 593 g/mol. The summed E-state index contributed by atoms with van der Waals surface area (Å²) in [7, 11) is 0. The number of esters is 1. The average Bonchev–Trinajstić information content (AvgIpc) is 2.92. The van der Waals surface area contributed by atoms with Crippen molar-refractivity contribution in [1.82, 2.24) is 0 Å². The lowest BCUT2D eigenvalue weighted by Gasteiger charge is -2.29. The minimum atomic E-state index is -1.38. The van der Waals surface area contributed by atoms with Gasteiger partial charge in [0.2, 0.25) is 0 Å². The Morgan fingerprint density at radius 3 is 1.93 bits per heavy atom. The third kappa shape index (κ3) is 10.5. The molecule has 1 aromatic carbocycles. The molecule has 0 aromatic heterocycles. The Morgan fingerprint density at radius 2 is 1.43 bits per heavy atom. The Hall–Kier alpha value is -3.34. The van der Waals surface area contributed by atoms with Crippen LogP contribution in [0.2, 0.25) is 0 Å². The highest BCUT2D eigenvalue weighted by Gasteiger charge is 2.34. The highest BCUT2D eigenvalue weighted by Crippen LogP contribution is 2.37. The number of carbonyl (C=O) groups is 4. The number of carboxylic acid groups (broad SMARTS) is 1. The fourth-order valence-electron chi connectivity index (χ4n) is 4.53. The van der Waals surface area contributed by atoms with Gasteiger partial charge in [0, 0.05) is 5.92 Å². The smallest absolute Gasteiger partial charge is 0.480 e. The molecule has 1 aromatic rings. The number of nitrogens with two attached hydrogens (primary N) is 1. The number of ether oxygens (including phenoxy) is 5. The van der Waals surface area contributed by atoms with E-state index in [9.17, 15) is 24.3 Å². The molecule has 42 heavy (non-hydrogen) atoms. The molecule has 0 aliphatic heterocycles. The topological polar surface area (TPSA) is 161 Å². The predicted molar refractivity (Wildman–Crippen MR) is 154 cm³/mol. The molecular formula is C31H47NO10. The van der Waals surface area contributed by atoms with Gasteiger partial charge in [0.05, 0.1) is 12.5 Å². The van der Waals surface area contributed by atoms with E-state index in [2.05, 4.69) is 0 Å². The quantitative estimate of drug-likeness (QED) is 0.149. The second-order valence-electron chi connectivity index (χ2n) is 12.2. The summed E-state index contributed by atoms with van der Waals surface area (Å²) in [6, 6.07) is 2.88. The van der Waals surface area contributed by atoms with Crippen molar-refractivity contribution in [2.75, 3.05) is 6.61 Å². The second-order valence-corrected chi connectivity index (χ2v) is 12.2. The van der Waals surface area contributed by atoms with Crippen LogP contribution in [0.1, 0.15) is 105 Å². The van der Waals surface area contributed by atoms with Gasteiger partial charge >= 0.3 is 24.2 Å². The SMILES string of the molecule is CCC(C)(C)OC(=O)Oc1ccc(C(C(C)COC(=O)C2CCCCC2)[C@H](N)C(=O)O)cc1OC(=O)OC(C)(C)CC. The lowest BCUT2D eigenvalue weighted by molar-refractivity contribution is -0.151. The van der Waals surface area contributed by atoms with Crippen LogP contribution < -0.4 is 15.2 Å². The number of carboxylic acids is 1. The van der Waals surface area contributed by atoms with Crippen LogP contribution >= 0.6 is 0 Å². The van der Waals surface area contributed by atoms with E-state index in [1.54, 1.807) is 34.6 Å². The fraction of sp³-hybridized carbons (Fsp3) is 0.677. The summed E-state index contributed by atoms with van der Waals surface area (Å²) in [5.74, 6) is -3.43. The van der Waals surface area contributed by atoms with Crippen LogP contribution in [-0.4, -0.2) is 53.2 Å². The molecule has 2 unspecified atom stereocenters. The van der Waals surface area contributed by atoms with Crippen LogP contribution in [0.4, 0.5) is 9.59 Å². The predicted octanol–water partition coefficient (Wildman–Crippen LogP) is 6.35. The third-order valence-electron chi connectivity index (χ3n) is 7.87. The summed E-state index contributed by atoms with van der Waals surface area (Å²) < 4.78 is 27.2. The first-order valence-electron chi connectivity index (χ1n) is 14.7. The Bertz CT molecular complexity index is 1090. The van der Waals surface area contributed by atoms with Crippen molar-refractivity contribution >= 4 is 24.2 Å². The first-order valence-corrected chi connectivity index (χ1v) is 14.7. The van der Waals surface area contributed by atoms with Gasteiger partial charge < -0.3 is 34.5 Å². The van der Waals surface area contributed by atoms with E-state index in [-0.39, 0.29) is 30.0 Å². The van der Waals surface area contributed by atoms with E-state index in [4.69, 9.17) is 29.4 Å². The molecule has 11 heteroatoms. The molecule has 0 amide bonds. The largest absolute Gasteiger partial charge is 0.514 e. The molecule has 0 spiro atoms.